The molecule has 1 heterocycles. The first-order chi connectivity index (χ1) is 11.7. The van der Waals surface area contributed by atoms with Crippen molar-refractivity contribution in [3.63, 3.8) is 0 Å². The number of aldehydes is 1. The van der Waals surface area contributed by atoms with E-state index in [0.29, 0.717) is 23.7 Å². The molecule has 0 spiro atoms. The van der Waals surface area contributed by atoms with Crippen molar-refractivity contribution in [3.05, 3.63) is 53.1 Å². The number of hydrogen-bond acceptors (Lipinski definition) is 5. The van der Waals surface area contributed by atoms with E-state index >= 15 is 0 Å². The van der Waals surface area contributed by atoms with E-state index in [2.05, 4.69) is 0 Å². The monoisotopic (exact) mass is 326 g/mol. The lowest BCUT2D eigenvalue weighted by molar-refractivity contribution is -0.104. The summed E-state index contributed by atoms with van der Waals surface area (Å²) in [4.78, 5) is 10.5. The summed E-state index contributed by atoms with van der Waals surface area (Å²) in [7, 11) is 3.10. The zero-order chi connectivity index (χ0) is 17.1. The topological polar surface area (TPSA) is 65.0 Å². The van der Waals surface area contributed by atoms with Gasteiger partial charge in [-0.25, -0.2) is 0 Å². The smallest absolute Gasteiger partial charge is 0.165 e. The van der Waals surface area contributed by atoms with Crippen LogP contribution in [0.4, 0.5) is 0 Å². The predicted octanol–water partition coefficient (Wildman–Crippen LogP) is 3.30. The lowest BCUT2D eigenvalue weighted by atomic mass is 10.0. The fourth-order valence-corrected chi connectivity index (χ4v) is 2.83. The Morgan fingerprint density at radius 2 is 1.96 bits per heavy atom. The van der Waals surface area contributed by atoms with Gasteiger partial charge in [0.15, 0.2) is 23.0 Å². The van der Waals surface area contributed by atoms with Gasteiger partial charge in [0, 0.05) is 12.0 Å². The number of phenols is 1. The van der Waals surface area contributed by atoms with Crippen LogP contribution >= 0.6 is 0 Å². The van der Waals surface area contributed by atoms with Gasteiger partial charge in [0.2, 0.25) is 0 Å². The van der Waals surface area contributed by atoms with Gasteiger partial charge in [0.05, 0.1) is 14.2 Å². The maximum absolute atomic E-state index is 10.5. The molecule has 1 aliphatic rings. The molecule has 1 aliphatic heterocycles. The van der Waals surface area contributed by atoms with Crippen LogP contribution in [0.2, 0.25) is 0 Å². The number of allylic oxidation sites excluding steroid dienone is 1. The molecule has 3 rings (SSSR count). The standard InChI is InChI=1S/C19H18O5/c1-22-17-10-13(5-6-15(17)21)16-11-14-8-12(4-3-7-20)9-18(23-2)19(14)24-16/h3-10,16,21H,11H2,1-2H3/b4-3+/t16-/m1/s1. The highest BCUT2D eigenvalue weighted by molar-refractivity contribution is 5.75. The molecule has 0 bridgehead atoms. The molecule has 124 valence electrons. The average molecular weight is 326 g/mol. The molecule has 1 N–H and O–H groups in total. The number of carbonyl (C=O) groups excluding carboxylic acids is 1. The van der Waals surface area contributed by atoms with Crippen LogP contribution in [0.3, 0.4) is 0 Å². The van der Waals surface area contributed by atoms with E-state index in [-0.39, 0.29) is 11.9 Å². The molecule has 0 amide bonds. The Bertz CT molecular complexity index is 795. The maximum Gasteiger partial charge on any atom is 0.165 e. The largest absolute Gasteiger partial charge is 0.504 e. The summed E-state index contributed by atoms with van der Waals surface area (Å²) in [6.07, 6.45) is 4.39. The van der Waals surface area contributed by atoms with E-state index in [1.807, 2.05) is 18.2 Å². The van der Waals surface area contributed by atoms with E-state index in [9.17, 15) is 9.90 Å². The molecule has 5 nitrogen and oxygen atoms in total. The van der Waals surface area contributed by atoms with Crippen LogP contribution in [0.5, 0.6) is 23.0 Å². The minimum absolute atomic E-state index is 0.0932. The van der Waals surface area contributed by atoms with Crippen LogP contribution in [-0.2, 0) is 11.2 Å². The fraction of sp³-hybridized carbons (Fsp3) is 0.211. The summed E-state index contributed by atoms with van der Waals surface area (Å²) in [5.74, 6) is 1.84. The van der Waals surface area contributed by atoms with Gasteiger partial charge in [0.1, 0.15) is 12.4 Å². The number of methoxy groups -OCH3 is 2. The number of rotatable bonds is 5. The Balaban J connectivity index is 1.93. The van der Waals surface area contributed by atoms with Crippen molar-refractivity contribution in [1.29, 1.82) is 0 Å². The second-order valence-corrected chi connectivity index (χ2v) is 5.45. The Morgan fingerprint density at radius 3 is 2.67 bits per heavy atom. The van der Waals surface area contributed by atoms with Crippen LogP contribution in [0.15, 0.2) is 36.4 Å². The second kappa shape index (κ2) is 6.66. The lowest BCUT2D eigenvalue weighted by Gasteiger charge is -2.14. The quantitative estimate of drug-likeness (QED) is 0.674. The molecular formula is C19H18O5. The van der Waals surface area contributed by atoms with Crippen LogP contribution in [0, 0.1) is 0 Å². The summed E-state index contributed by atoms with van der Waals surface area (Å²) in [6.45, 7) is 0. The minimum atomic E-state index is -0.186. The van der Waals surface area contributed by atoms with E-state index < -0.39 is 0 Å². The molecule has 2 aromatic carbocycles. The Hall–Kier alpha value is -2.95. The number of fused-ring (bicyclic) bond motifs is 1. The summed E-state index contributed by atoms with van der Waals surface area (Å²) >= 11 is 0. The number of benzene rings is 2. The lowest BCUT2D eigenvalue weighted by Crippen LogP contribution is -2.03. The molecule has 24 heavy (non-hydrogen) atoms. The zero-order valence-corrected chi connectivity index (χ0v) is 13.5. The molecule has 1 atom stereocenters. The normalized spacial score (nSPS) is 15.8. The molecule has 0 radical (unpaired) electrons. The van der Waals surface area contributed by atoms with Crippen molar-refractivity contribution in [1.82, 2.24) is 0 Å². The van der Waals surface area contributed by atoms with Crippen LogP contribution < -0.4 is 14.2 Å². The third-order valence-corrected chi connectivity index (χ3v) is 3.98. The first-order valence-electron chi connectivity index (χ1n) is 7.52. The van der Waals surface area contributed by atoms with Gasteiger partial charge < -0.3 is 19.3 Å². The Labute approximate surface area is 140 Å². The molecule has 5 heteroatoms. The number of aromatic hydroxyl groups is 1. The predicted molar refractivity (Wildman–Crippen MR) is 89.8 cm³/mol. The van der Waals surface area contributed by atoms with E-state index in [4.69, 9.17) is 14.2 Å². The summed E-state index contributed by atoms with van der Waals surface area (Å²) in [5.41, 5.74) is 2.80. The van der Waals surface area contributed by atoms with Crippen LogP contribution in [0.1, 0.15) is 22.8 Å². The molecule has 2 aromatic rings. The average Bonchev–Trinajstić information content (AvgIpc) is 3.03. The number of carbonyl (C=O) groups is 1. The molecule has 0 aromatic heterocycles. The van der Waals surface area contributed by atoms with Crippen molar-refractivity contribution in [2.24, 2.45) is 0 Å². The summed E-state index contributed by atoms with van der Waals surface area (Å²) in [6, 6.07) is 8.99. The highest BCUT2D eigenvalue weighted by Gasteiger charge is 2.28. The number of phenolic OH excluding ortho intramolecular Hbond substituents is 1. The highest BCUT2D eigenvalue weighted by Crippen LogP contribution is 2.44. The van der Waals surface area contributed by atoms with E-state index in [0.717, 1.165) is 23.0 Å². The number of hydrogen-bond donors (Lipinski definition) is 1. The van der Waals surface area contributed by atoms with Gasteiger partial charge >= 0.3 is 0 Å². The fourth-order valence-electron chi connectivity index (χ4n) is 2.83. The third-order valence-electron chi connectivity index (χ3n) is 3.98. The molecular weight excluding hydrogens is 308 g/mol. The van der Waals surface area contributed by atoms with Gasteiger partial charge in [-0.1, -0.05) is 12.1 Å². The van der Waals surface area contributed by atoms with Crippen molar-refractivity contribution < 1.29 is 24.1 Å². The maximum atomic E-state index is 10.5. The van der Waals surface area contributed by atoms with E-state index in [1.54, 1.807) is 25.3 Å². The zero-order valence-electron chi connectivity index (χ0n) is 13.5. The van der Waals surface area contributed by atoms with Gasteiger partial charge in [-0.05, 0) is 41.5 Å². The third kappa shape index (κ3) is 2.93. The molecule has 0 aliphatic carbocycles. The van der Waals surface area contributed by atoms with E-state index in [1.165, 1.54) is 13.2 Å². The van der Waals surface area contributed by atoms with Crippen LogP contribution in [-0.4, -0.2) is 25.6 Å². The molecule has 0 saturated carbocycles. The van der Waals surface area contributed by atoms with Crippen molar-refractivity contribution in [2.75, 3.05) is 14.2 Å². The minimum Gasteiger partial charge on any atom is -0.504 e. The van der Waals surface area contributed by atoms with Crippen molar-refractivity contribution in [2.45, 2.75) is 12.5 Å². The SMILES string of the molecule is COc1cc([C@H]2Cc3cc(/C=C/C=O)cc(OC)c3O2)ccc1O. The molecule has 0 saturated heterocycles. The first kappa shape index (κ1) is 15.9. The van der Waals surface area contributed by atoms with Gasteiger partial charge in [-0.3, -0.25) is 4.79 Å². The first-order valence-corrected chi connectivity index (χ1v) is 7.52. The summed E-state index contributed by atoms with van der Waals surface area (Å²) in [5, 5.41) is 9.73. The second-order valence-electron chi connectivity index (χ2n) is 5.45. The van der Waals surface area contributed by atoms with Crippen molar-refractivity contribution >= 4 is 12.4 Å². The van der Waals surface area contributed by atoms with Gasteiger partial charge in [-0.15, -0.1) is 0 Å². The highest BCUT2D eigenvalue weighted by atomic mass is 16.5. The Morgan fingerprint density at radius 1 is 1.17 bits per heavy atom. The van der Waals surface area contributed by atoms with Crippen LogP contribution in [0.25, 0.3) is 6.08 Å². The molecule has 0 unspecified atom stereocenters. The van der Waals surface area contributed by atoms with Gasteiger partial charge in [0.25, 0.3) is 0 Å². The number of ether oxygens (including phenoxy) is 3. The Kier molecular flexibility index (Phi) is 4.42. The van der Waals surface area contributed by atoms with Gasteiger partial charge in [-0.2, -0.15) is 0 Å². The molecule has 0 fully saturated rings. The van der Waals surface area contributed by atoms with Crippen molar-refractivity contribution in [3.8, 4) is 23.0 Å². The summed E-state index contributed by atoms with van der Waals surface area (Å²) < 4.78 is 16.6.